The molecule has 1 aliphatic carbocycles. The van der Waals surface area contributed by atoms with Crippen LogP contribution >= 0.6 is 0 Å². The first-order valence-electron chi connectivity index (χ1n) is 3.35. The zero-order chi connectivity index (χ0) is 5.56. The van der Waals surface area contributed by atoms with Crippen molar-refractivity contribution in [3.05, 3.63) is 0 Å². The Kier molecular flexibility index (Phi) is 0.866. The van der Waals surface area contributed by atoms with Crippen LogP contribution in [0.3, 0.4) is 0 Å². The Balaban J connectivity index is 2.11. The highest BCUT2D eigenvalue weighted by Gasteiger charge is 2.36. The summed E-state index contributed by atoms with van der Waals surface area (Å²) in [4.78, 5) is 0. The highest BCUT2D eigenvalue weighted by atomic mass is 15.0. The smallest absolute Gasteiger partial charge is 0.00946 e. The van der Waals surface area contributed by atoms with Crippen molar-refractivity contribution in [3.63, 3.8) is 0 Å². The Labute approximate surface area is 49.4 Å². The topological polar surface area (TPSA) is 38.0 Å². The summed E-state index contributed by atoms with van der Waals surface area (Å²) in [7, 11) is 0. The van der Waals surface area contributed by atoms with Crippen molar-refractivity contribution in [2.24, 2.45) is 11.7 Å². The molecule has 0 spiro atoms. The number of fused-ring (bicyclic) bond motifs is 2. The molecule has 46 valence electrons. The van der Waals surface area contributed by atoms with Crippen LogP contribution in [0.15, 0.2) is 0 Å². The third kappa shape index (κ3) is 0.501. The lowest BCUT2D eigenvalue weighted by Gasteiger charge is -2.16. The largest absolute Gasteiger partial charge is 0.327 e. The molecule has 0 amide bonds. The average molecular weight is 112 g/mol. The number of nitrogens with two attached hydrogens (primary N) is 1. The molecule has 1 heterocycles. The van der Waals surface area contributed by atoms with E-state index in [1.165, 1.54) is 19.4 Å². The van der Waals surface area contributed by atoms with Gasteiger partial charge in [-0.2, -0.15) is 0 Å². The fourth-order valence-corrected chi connectivity index (χ4v) is 1.88. The highest BCUT2D eigenvalue weighted by Crippen LogP contribution is 2.29. The second-order valence-electron chi connectivity index (χ2n) is 3.00. The molecule has 2 bridgehead atoms. The maximum absolute atomic E-state index is 5.78. The third-order valence-electron chi connectivity index (χ3n) is 2.42. The third-order valence-corrected chi connectivity index (χ3v) is 2.42. The van der Waals surface area contributed by atoms with Gasteiger partial charge in [0.25, 0.3) is 0 Å². The summed E-state index contributed by atoms with van der Waals surface area (Å²) in [6, 6.07) is 1.29. The minimum atomic E-state index is 0.515. The first-order valence-corrected chi connectivity index (χ1v) is 3.35. The lowest BCUT2D eigenvalue weighted by molar-refractivity contribution is 0.439. The average Bonchev–Trinajstić information content (AvgIpc) is 2.23. The molecule has 0 aromatic rings. The van der Waals surface area contributed by atoms with E-state index in [1.807, 2.05) is 0 Å². The minimum Gasteiger partial charge on any atom is -0.327 e. The van der Waals surface area contributed by atoms with E-state index < -0.39 is 0 Å². The molecule has 3 N–H and O–H groups in total. The van der Waals surface area contributed by atoms with Gasteiger partial charge >= 0.3 is 0 Å². The van der Waals surface area contributed by atoms with E-state index in [4.69, 9.17) is 5.73 Å². The molecule has 3 atom stereocenters. The SMILES string of the molecule is N[C@H]1C[C@@H]2CC1CN2. The van der Waals surface area contributed by atoms with Crippen molar-refractivity contribution >= 4 is 0 Å². The molecule has 1 aliphatic heterocycles. The fourth-order valence-electron chi connectivity index (χ4n) is 1.88. The summed E-state index contributed by atoms with van der Waals surface area (Å²) in [5.74, 6) is 0.806. The molecule has 0 radical (unpaired) electrons. The Morgan fingerprint density at radius 3 is 2.50 bits per heavy atom. The molecule has 1 saturated carbocycles. The van der Waals surface area contributed by atoms with Crippen molar-refractivity contribution < 1.29 is 0 Å². The molecule has 8 heavy (non-hydrogen) atoms. The van der Waals surface area contributed by atoms with Gasteiger partial charge in [-0.3, -0.25) is 0 Å². The molecule has 2 rings (SSSR count). The van der Waals surface area contributed by atoms with Crippen molar-refractivity contribution in [2.45, 2.75) is 24.9 Å². The minimum absolute atomic E-state index is 0.515. The van der Waals surface area contributed by atoms with Crippen LogP contribution in [0.5, 0.6) is 0 Å². The first-order chi connectivity index (χ1) is 3.86. The van der Waals surface area contributed by atoms with Crippen molar-refractivity contribution in [2.75, 3.05) is 6.54 Å². The number of rotatable bonds is 0. The van der Waals surface area contributed by atoms with Crippen LogP contribution in [0.1, 0.15) is 12.8 Å². The van der Waals surface area contributed by atoms with Gasteiger partial charge < -0.3 is 11.1 Å². The first kappa shape index (κ1) is 4.77. The lowest BCUT2D eigenvalue weighted by atomic mass is 10.1. The summed E-state index contributed by atoms with van der Waals surface area (Å²) >= 11 is 0. The molecule has 1 unspecified atom stereocenters. The van der Waals surface area contributed by atoms with Gasteiger partial charge in [-0.25, -0.2) is 0 Å². The normalized spacial score (nSPS) is 52.9. The zero-order valence-corrected chi connectivity index (χ0v) is 4.93. The van der Waals surface area contributed by atoms with Crippen LogP contribution in [0.25, 0.3) is 0 Å². The van der Waals surface area contributed by atoms with Gasteiger partial charge in [0.1, 0.15) is 0 Å². The van der Waals surface area contributed by atoms with Gasteiger partial charge in [-0.05, 0) is 25.3 Å². The van der Waals surface area contributed by atoms with Crippen LogP contribution in [-0.4, -0.2) is 18.6 Å². The molecule has 2 aliphatic rings. The summed E-state index contributed by atoms with van der Waals surface area (Å²) < 4.78 is 0. The van der Waals surface area contributed by atoms with Gasteiger partial charge in [-0.15, -0.1) is 0 Å². The monoisotopic (exact) mass is 112 g/mol. The predicted octanol–water partition coefficient (Wildman–Crippen LogP) is -0.305. The van der Waals surface area contributed by atoms with Gasteiger partial charge in [0.2, 0.25) is 0 Å². The van der Waals surface area contributed by atoms with Gasteiger partial charge in [-0.1, -0.05) is 0 Å². The number of hydrogen-bond donors (Lipinski definition) is 2. The van der Waals surface area contributed by atoms with E-state index in [0.29, 0.717) is 6.04 Å². The molecular weight excluding hydrogens is 100 g/mol. The Morgan fingerprint density at radius 1 is 1.38 bits per heavy atom. The zero-order valence-electron chi connectivity index (χ0n) is 4.93. The summed E-state index contributed by atoms with van der Waals surface area (Å²) in [5, 5.41) is 3.41. The fraction of sp³-hybridized carbons (Fsp3) is 1.00. The maximum atomic E-state index is 5.78. The van der Waals surface area contributed by atoms with E-state index in [9.17, 15) is 0 Å². The van der Waals surface area contributed by atoms with Gasteiger partial charge in [0, 0.05) is 12.1 Å². The van der Waals surface area contributed by atoms with E-state index >= 15 is 0 Å². The number of hydrogen-bond acceptors (Lipinski definition) is 2. The summed E-state index contributed by atoms with van der Waals surface area (Å²) in [5.41, 5.74) is 5.78. The standard InChI is InChI=1S/C6H12N2/c7-6-2-5-1-4(6)3-8-5/h4-6,8H,1-3,7H2/t4?,5-,6-/m0/s1. The van der Waals surface area contributed by atoms with Crippen LogP contribution < -0.4 is 11.1 Å². The molecule has 2 fully saturated rings. The van der Waals surface area contributed by atoms with Gasteiger partial charge in [0.15, 0.2) is 0 Å². The number of nitrogens with one attached hydrogen (secondary N) is 1. The van der Waals surface area contributed by atoms with E-state index in [1.54, 1.807) is 0 Å². The van der Waals surface area contributed by atoms with Crippen LogP contribution in [0.4, 0.5) is 0 Å². The van der Waals surface area contributed by atoms with E-state index in [2.05, 4.69) is 5.32 Å². The second-order valence-corrected chi connectivity index (χ2v) is 3.00. The molecule has 1 saturated heterocycles. The summed E-state index contributed by atoms with van der Waals surface area (Å²) in [6.45, 7) is 1.17. The predicted molar refractivity (Wildman–Crippen MR) is 32.5 cm³/mol. The quantitative estimate of drug-likeness (QED) is 0.451. The van der Waals surface area contributed by atoms with E-state index in [0.717, 1.165) is 12.0 Å². The molecule has 2 nitrogen and oxygen atoms in total. The maximum Gasteiger partial charge on any atom is 0.00946 e. The Bertz CT molecular complexity index is 101. The second kappa shape index (κ2) is 1.45. The Morgan fingerprint density at radius 2 is 2.25 bits per heavy atom. The van der Waals surface area contributed by atoms with Crippen LogP contribution in [-0.2, 0) is 0 Å². The highest BCUT2D eigenvalue weighted by molar-refractivity contribution is 4.96. The van der Waals surface area contributed by atoms with Crippen LogP contribution in [0, 0.1) is 5.92 Å². The summed E-state index contributed by atoms with van der Waals surface area (Å²) in [6.07, 6.45) is 2.55. The van der Waals surface area contributed by atoms with Crippen molar-refractivity contribution in [1.29, 1.82) is 0 Å². The lowest BCUT2D eigenvalue weighted by Crippen LogP contribution is -2.37. The molecule has 0 aromatic heterocycles. The van der Waals surface area contributed by atoms with Crippen LogP contribution in [0.2, 0.25) is 0 Å². The number of piperidine rings is 1. The molecule has 2 heteroatoms. The van der Waals surface area contributed by atoms with Crippen molar-refractivity contribution in [1.82, 2.24) is 5.32 Å². The molecule has 0 aromatic carbocycles. The molecular formula is C6H12N2. The van der Waals surface area contributed by atoms with Gasteiger partial charge in [0.05, 0.1) is 0 Å². The van der Waals surface area contributed by atoms with E-state index in [-0.39, 0.29) is 0 Å². The Hall–Kier alpha value is -0.0800. The van der Waals surface area contributed by atoms with Crippen molar-refractivity contribution in [3.8, 4) is 0 Å².